The molecule has 0 atom stereocenters. The van der Waals surface area contributed by atoms with E-state index in [1.807, 2.05) is 6.92 Å². The van der Waals surface area contributed by atoms with Crippen molar-refractivity contribution < 1.29 is 23.8 Å². The Balaban J connectivity index is 1.87. The molecule has 0 saturated carbocycles. The molecular weight excluding hydrogens is 275 g/mol. The summed E-state index contributed by atoms with van der Waals surface area (Å²) in [4.78, 5) is 10.9. The van der Waals surface area contributed by atoms with E-state index in [-0.39, 0.29) is 24.6 Å². The van der Waals surface area contributed by atoms with Gasteiger partial charge in [-0.15, -0.1) is 0 Å². The quantitative estimate of drug-likeness (QED) is 0.829. The van der Waals surface area contributed by atoms with Gasteiger partial charge in [0.25, 0.3) is 0 Å². The van der Waals surface area contributed by atoms with Crippen molar-refractivity contribution >= 4 is 5.97 Å². The maximum Gasteiger partial charge on any atom is 0.335 e. The average Bonchev–Trinajstić information content (AvgIpc) is 2.47. The summed E-state index contributed by atoms with van der Waals surface area (Å²) in [6.07, 6.45) is 0. The first kappa shape index (κ1) is 14.8. The molecule has 0 aliphatic carbocycles. The number of carbonyl (C=O) groups is 1. The Labute approximate surface area is 121 Å². The molecule has 0 aliphatic rings. The molecule has 110 valence electrons. The van der Waals surface area contributed by atoms with Crippen molar-refractivity contribution in [2.45, 2.75) is 6.92 Å². The highest BCUT2D eigenvalue weighted by Crippen LogP contribution is 2.19. The van der Waals surface area contributed by atoms with Crippen molar-refractivity contribution in [2.75, 3.05) is 13.2 Å². The molecule has 0 heterocycles. The molecule has 0 aromatic heterocycles. The van der Waals surface area contributed by atoms with Crippen LogP contribution >= 0.6 is 0 Å². The zero-order chi connectivity index (χ0) is 15.2. The summed E-state index contributed by atoms with van der Waals surface area (Å²) in [5, 5.41) is 8.93. The van der Waals surface area contributed by atoms with Crippen molar-refractivity contribution in [1.82, 2.24) is 0 Å². The lowest BCUT2D eigenvalue weighted by Gasteiger charge is -2.11. The number of aromatic carboxylic acids is 1. The molecule has 0 spiro atoms. The SMILES string of the molecule is Cc1ccc(C(=O)O)cc1OCCOc1ccc(F)cc1. The van der Waals surface area contributed by atoms with Crippen LogP contribution in [-0.2, 0) is 0 Å². The van der Waals surface area contributed by atoms with Gasteiger partial charge in [-0.05, 0) is 48.9 Å². The minimum absolute atomic E-state index is 0.176. The molecule has 2 aromatic carbocycles. The molecule has 5 heteroatoms. The van der Waals surface area contributed by atoms with Crippen LogP contribution < -0.4 is 9.47 Å². The Morgan fingerprint density at radius 2 is 1.76 bits per heavy atom. The fourth-order valence-electron chi connectivity index (χ4n) is 1.73. The van der Waals surface area contributed by atoms with Crippen LogP contribution in [0.4, 0.5) is 4.39 Å². The molecule has 1 N–H and O–H groups in total. The zero-order valence-electron chi connectivity index (χ0n) is 11.5. The first-order valence-electron chi connectivity index (χ1n) is 6.41. The Morgan fingerprint density at radius 1 is 1.10 bits per heavy atom. The molecule has 0 unspecified atom stereocenters. The maximum absolute atomic E-state index is 12.7. The van der Waals surface area contributed by atoms with Gasteiger partial charge >= 0.3 is 5.97 Å². The molecule has 0 aliphatic heterocycles. The lowest BCUT2D eigenvalue weighted by atomic mass is 10.1. The van der Waals surface area contributed by atoms with E-state index < -0.39 is 5.97 Å². The molecule has 21 heavy (non-hydrogen) atoms. The molecule has 0 fully saturated rings. The average molecular weight is 290 g/mol. The highest BCUT2D eigenvalue weighted by atomic mass is 19.1. The third-order valence-electron chi connectivity index (χ3n) is 2.86. The van der Waals surface area contributed by atoms with Crippen LogP contribution in [-0.4, -0.2) is 24.3 Å². The molecule has 4 nitrogen and oxygen atoms in total. The van der Waals surface area contributed by atoms with Crippen LogP contribution in [0.5, 0.6) is 11.5 Å². The van der Waals surface area contributed by atoms with Crippen LogP contribution in [0.3, 0.4) is 0 Å². The summed E-state index contributed by atoms with van der Waals surface area (Å²) in [5.74, 6) is -0.254. The third kappa shape index (κ3) is 4.21. The zero-order valence-corrected chi connectivity index (χ0v) is 11.5. The van der Waals surface area contributed by atoms with E-state index in [9.17, 15) is 9.18 Å². The predicted octanol–water partition coefficient (Wildman–Crippen LogP) is 3.29. The minimum Gasteiger partial charge on any atom is -0.490 e. The van der Waals surface area contributed by atoms with Crippen molar-refractivity contribution in [2.24, 2.45) is 0 Å². The van der Waals surface area contributed by atoms with Gasteiger partial charge < -0.3 is 14.6 Å². The molecule has 0 saturated heterocycles. The molecule has 0 amide bonds. The van der Waals surface area contributed by atoms with Crippen LogP contribution in [0.2, 0.25) is 0 Å². The first-order chi connectivity index (χ1) is 10.1. The summed E-state index contributed by atoms with van der Waals surface area (Å²) in [6.45, 7) is 2.38. The molecular formula is C16H15FO4. The standard InChI is InChI=1S/C16H15FO4/c1-11-2-3-12(16(18)19)10-15(11)21-9-8-20-14-6-4-13(17)5-7-14/h2-7,10H,8-9H2,1H3,(H,18,19). The highest BCUT2D eigenvalue weighted by molar-refractivity contribution is 5.88. The number of halogens is 1. The number of rotatable bonds is 6. The normalized spacial score (nSPS) is 10.2. The van der Waals surface area contributed by atoms with Crippen molar-refractivity contribution in [1.29, 1.82) is 0 Å². The molecule has 0 radical (unpaired) electrons. The van der Waals surface area contributed by atoms with Gasteiger partial charge in [0.2, 0.25) is 0 Å². The lowest BCUT2D eigenvalue weighted by molar-refractivity contribution is 0.0696. The molecule has 0 bridgehead atoms. The van der Waals surface area contributed by atoms with Gasteiger partial charge in [0, 0.05) is 0 Å². The second-order valence-electron chi connectivity index (χ2n) is 4.44. The fourth-order valence-corrected chi connectivity index (χ4v) is 1.73. The van der Waals surface area contributed by atoms with Crippen molar-refractivity contribution in [3.63, 3.8) is 0 Å². The number of aryl methyl sites for hydroxylation is 1. The third-order valence-corrected chi connectivity index (χ3v) is 2.86. The predicted molar refractivity (Wildman–Crippen MR) is 75.5 cm³/mol. The molecule has 2 aromatic rings. The summed E-state index contributed by atoms with van der Waals surface area (Å²) >= 11 is 0. The highest BCUT2D eigenvalue weighted by Gasteiger charge is 2.07. The lowest BCUT2D eigenvalue weighted by Crippen LogP contribution is -2.10. The Hall–Kier alpha value is -2.56. The molecule has 2 rings (SSSR count). The Kier molecular flexibility index (Phi) is 4.77. The van der Waals surface area contributed by atoms with Crippen molar-refractivity contribution in [3.8, 4) is 11.5 Å². The maximum atomic E-state index is 12.7. The monoisotopic (exact) mass is 290 g/mol. The van der Waals surface area contributed by atoms with Crippen molar-refractivity contribution in [3.05, 3.63) is 59.4 Å². The summed E-state index contributed by atoms with van der Waals surface area (Å²) in [6, 6.07) is 10.4. The number of benzene rings is 2. The number of ether oxygens (including phenoxy) is 2. The fraction of sp³-hybridized carbons (Fsp3) is 0.188. The second-order valence-corrected chi connectivity index (χ2v) is 4.44. The number of hydrogen-bond donors (Lipinski definition) is 1. The van der Waals surface area contributed by atoms with Gasteiger partial charge in [-0.2, -0.15) is 0 Å². The van der Waals surface area contributed by atoms with Crippen LogP contribution in [0, 0.1) is 12.7 Å². The van der Waals surface area contributed by atoms with Crippen LogP contribution in [0.25, 0.3) is 0 Å². The van der Waals surface area contributed by atoms with E-state index in [0.29, 0.717) is 11.5 Å². The van der Waals surface area contributed by atoms with Crippen LogP contribution in [0.15, 0.2) is 42.5 Å². The Bertz CT molecular complexity index is 623. The first-order valence-corrected chi connectivity index (χ1v) is 6.41. The van der Waals surface area contributed by atoms with Gasteiger partial charge in [-0.25, -0.2) is 9.18 Å². The van der Waals surface area contributed by atoms with Gasteiger partial charge in [0.15, 0.2) is 0 Å². The number of carboxylic acids is 1. The topological polar surface area (TPSA) is 55.8 Å². The van der Waals surface area contributed by atoms with E-state index in [2.05, 4.69) is 0 Å². The van der Waals surface area contributed by atoms with E-state index in [4.69, 9.17) is 14.6 Å². The summed E-state index contributed by atoms with van der Waals surface area (Å²) in [5.41, 5.74) is 1.02. The van der Waals surface area contributed by atoms with E-state index in [1.54, 1.807) is 6.07 Å². The summed E-state index contributed by atoms with van der Waals surface area (Å²) < 4.78 is 23.6. The van der Waals surface area contributed by atoms with E-state index in [1.165, 1.54) is 36.4 Å². The van der Waals surface area contributed by atoms with Gasteiger partial charge in [-0.1, -0.05) is 6.07 Å². The van der Waals surface area contributed by atoms with Gasteiger partial charge in [0.1, 0.15) is 30.5 Å². The largest absolute Gasteiger partial charge is 0.490 e. The van der Waals surface area contributed by atoms with Crippen LogP contribution in [0.1, 0.15) is 15.9 Å². The van der Waals surface area contributed by atoms with E-state index in [0.717, 1.165) is 5.56 Å². The van der Waals surface area contributed by atoms with Gasteiger partial charge in [0.05, 0.1) is 5.56 Å². The smallest absolute Gasteiger partial charge is 0.335 e. The Morgan fingerprint density at radius 3 is 2.43 bits per heavy atom. The number of hydrogen-bond acceptors (Lipinski definition) is 3. The van der Waals surface area contributed by atoms with Gasteiger partial charge in [-0.3, -0.25) is 0 Å². The van der Waals surface area contributed by atoms with E-state index >= 15 is 0 Å². The second kappa shape index (κ2) is 6.74. The minimum atomic E-state index is -0.998. The number of carboxylic acid groups (broad SMARTS) is 1. The summed E-state index contributed by atoms with van der Waals surface area (Å²) in [7, 11) is 0.